The maximum absolute atomic E-state index is 13.9. The van der Waals surface area contributed by atoms with E-state index in [1.165, 1.54) is 38.5 Å². The summed E-state index contributed by atoms with van der Waals surface area (Å²) in [7, 11) is 2.96. The van der Waals surface area contributed by atoms with Crippen molar-refractivity contribution in [3.63, 3.8) is 0 Å². The molecular formula is C33H29ClN4O6. The molecule has 11 heteroatoms. The van der Waals surface area contributed by atoms with Gasteiger partial charge in [-0.05, 0) is 73.2 Å². The summed E-state index contributed by atoms with van der Waals surface area (Å²) < 4.78 is 12.7. The zero-order valence-corrected chi connectivity index (χ0v) is 25.0. The molecule has 0 saturated heterocycles. The van der Waals surface area contributed by atoms with Gasteiger partial charge in [0.05, 0.1) is 36.5 Å². The van der Waals surface area contributed by atoms with Gasteiger partial charge in [-0.25, -0.2) is 9.36 Å². The minimum Gasteiger partial charge on any atom is -0.497 e. The number of nitrogens with zero attached hydrogens (tertiary/aromatic N) is 2. The fourth-order valence-electron chi connectivity index (χ4n) is 4.72. The first kappa shape index (κ1) is 30.1. The summed E-state index contributed by atoms with van der Waals surface area (Å²) in [6.45, 7) is 1.79. The summed E-state index contributed by atoms with van der Waals surface area (Å²) in [4.78, 5) is 54.0. The molecule has 2 amide bonds. The van der Waals surface area contributed by atoms with Crippen molar-refractivity contribution >= 4 is 40.0 Å². The zero-order chi connectivity index (χ0) is 31.4. The SMILES string of the molecule is COc1ccc(-n2c(=O)c3ccc(C(=O)NCc4ccc(C)cc4)cc3n(CC(=O)Nc3cc(Cl)ccc3OC)c2=O)cc1. The number of carbonyl (C=O) groups excluding carboxylic acids is 2. The van der Waals surface area contributed by atoms with Crippen LogP contribution in [0, 0.1) is 6.92 Å². The maximum atomic E-state index is 13.9. The summed E-state index contributed by atoms with van der Waals surface area (Å²) in [5.41, 5.74) is 1.59. The highest BCUT2D eigenvalue weighted by Crippen LogP contribution is 2.27. The number of benzene rings is 4. The standard InChI is InChI=1S/C33H29ClN4O6/c1-20-4-6-21(7-5-20)18-35-31(40)22-8-14-26-28(16-22)37(19-30(39)36-27-17-23(34)9-15-29(27)44-3)33(42)38(32(26)41)24-10-12-25(43-2)13-11-24/h4-17H,18-19H2,1-3H3,(H,35,40)(H,36,39). The lowest BCUT2D eigenvalue weighted by molar-refractivity contribution is -0.116. The van der Waals surface area contributed by atoms with Crippen molar-refractivity contribution in [1.82, 2.24) is 14.5 Å². The molecule has 0 radical (unpaired) electrons. The fraction of sp³-hybridized carbons (Fsp3) is 0.152. The number of methoxy groups -OCH3 is 2. The summed E-state index contributed by atoms with van der Waals surface area (Å²) >= 11 is 6.12. The molecule has 10 nitrogen and oxygen atoms in total. The van der Waals surface area contributed by atoms with Crippen LogP contribution in [0.3, 0.4) is 0 Å². The molecule has 1 heterocycles. The number of amides is 2. The Kier molecular flexibility index (Phi) is 8.82. The van der Waals surface area contributed by atoms with E-state index >= 15 is 0 Å². The monoisotopic (exact) mass is 612 g/mol. The van der Waals surface area contributed by atoms with Gasteiger partial charge in [-0.1, -0.05) is 41.4 Å². The largest absolute Gasteiger partial charge is 0.497 e. The molecule has 0 fully saturated rings. The minimum atomic E-state index is -0.766. The average molecular weight is 613 g/mol. The molecule has 0 bridgehead atoms. The predicted octanol–water partition coefficient (Wildman–Crippen LogP) is 4.70. The lowest BCUT2D eigenvalue weighted by Gasteiger charge is -2.16. The van der Waals surface area contributed by atoms with Gasteiger partial charge in [0.15, 0.2) is 0 Å². The van der Waals surface area contributed by atoms with Crippen LogP contribution in [0.1, 0.15) is 21.5 Å². The van der Waals surface area contributed by atoms with Gasteiger partial charge >= 0.3 is 5.69 Å². The molecule has 0 saturated carbocycles. The number of hydrogen-bond donors (Lipinski definition) is 2. The topological polar surface area (TPSA) is 121 Å². The molecule has 5 rings (SSSR count). The smallest absolute Gasteiger partial charge is 0.336 e. The van der Waals surface area contributed by atoms with Crippen molar-refractivity contribution in [1.29, 1.82) is 0 Å². The number of aryl methyl sites for hydroxylation is 1. The van der Waals surface area contributed by atoms with Gasteiger partial charge in [0.1, 0.15) is 18.0 Å². The molecule has 0 aliphatic rings. The van der Waals surface area contributed by atoms with E-state index in [1.807, 2.05) is 31.2 Å². The van der Waals surface area contributed by atoms with Crippen LogP contribution in [0.4, 0.5) is 5.69 Å². The van der Waals surface area contributed by atoms with Crippen LogP contribution in [0.5, 0.6) is 11.5 Å². The average Bonchev–Trinajstić information content (AvgIpc) is 3.03. The Morgan fingerprint density at radius 1 is 0.864 bits per heavy atom. The molecule has 1 aromatic heterocycles. The molecule has 5 aromatic rings. The van der Waals surface area contributed by atoms with Gasteiger partial charge in [0, 0.05) is 17.1 Å². The van der Waals surface area contributed by atoms with E-state index in [0.29, 0.717) is 22.2 Å². The number of hydrogen-bond acceptors (Lipinski definition) is 6. The Labute approximate surface area is 257 Å². The third kappa shape index (κ3) is 6.35. The van der Waals surface area contributed by atoms with Crippen molar-refractivity contribution in [2.45, 2.75) is 20.0 Å². The number of nitrogens with one attached hydrogen (secondary N) is 2. The van der Waals surface area contributed by atoms with Crippen LogP contribution in [0.2, 0.25) is 5.02 Å². The Morgan fingerprint density at radius 2 is 1.59 bits per heavy atom. The number of ether oxygens (including phenoxy) is 2. The summed E-state index contributed by atoms with van der Waals surface area (Å²) in [5, 5.41) is 6.10. The second-order valence-corrected chi connectivity index (χ2v) is 10.4. The lowest BCUT2D eigenvalue weighted by Crippen LogP contribution is -2.41. The highest BCUT2D eigenvalue weighted by molar-refractivity contribution is 6.31. The molecule has 2 N–H and O–H groups in total. The second-order valence-electron chi connectivity index (χ2n) is 10.0. The third-order valence-corrected chi connectivity index (χ3v) is 7.28. The van der Waals surface area contributed by atoms with E-state index in [1.54, 1.807) is 36.4 Å². The van der Waals surface area contributed by atoms with E-state index in [-0.39, 0.29) is 28.7 Å². The van der Waals surface area contributed by atoms with Crippen LogP contribution in [0.15, 0.2) is 94.5 Å². The van der Waals surface area contributed by atoms with Gasteiger partial charge in [-0.15, -0.1) is 0 Å². The van der Waals surface area contributed by atoms with Crippen LogP contribution < -0.4 is 31.4 Å². The Morgan fingerprint density at radius 3 is 2.27 bits per heavy atom. The number of carbonyl (C=O) groups is 2. The highest BCUT2D eigenvalue weighted by Gasteiger charge is 2.19. The Bertz CT molecular complexity index is 1980. The van der Waals surface area contributed by atoms with Crippen LogP contribution >= 0.6 is 11.6 Å². The molecule has 4 aromatic carbocycles. The zero-order valence-electron chi connectivity index (χ0n) is 24.2. The molecule has 0 spiro atoms. The van der Waals surface area contributed by atoms with Crippen molar-refractivity contribution in [2.24, 2.45) is 0 Å². The third-order valence-electron chi connectivity index (χ3n) is 7.05. The summed E-state index contributed by atoms with van der Waals surface area (Å²) in [6, 6.07) is 23.3. The molecule has 0 aliphatic heterocycles. The molecule has 0 aliphatic carbocycles. The minimum absolute atomic E-state index is 0.126. The summed E-state index contributed by atoms with van der Waals surface area (Å²) in [6.07, 6.45) is 0. The number of fused-ring (bicyclic) bond motifs is 1. The van der Waals surface area contributed by atoms with Crippen molar-refractivity contribution in [3.8, 4) is 17.2 Å². The van der Waals surface area contributed by atoms with E-state index in [2.05, 4.69) is 10.6 Å². The normalized spacial score (nSPS) is 10.8. The summed E-state index contributed by atoms with van der Waals surface area (Å²) in [5.74, 6) is -0.0724. The number of aromatic nitrogens is 2. The first-order valence-corrected chi connectivity index (χ1v) is 14.0. The first-order chi connectivity index (χ1) is 21.2. The Balaban J connectivity index is 1.57. The van der Waals surface area contributed by atoms with Gasteiger partial charge in [0.2, 0.25) is 5.91 Å². The van der Waals surface area contributed by atoms with Crippen molar-refractivity contribution in [3.05, 3.63) is 127 Å². The van der Waals surface area contributed by atoms with Crippen molar-refractivity contribution in [2.75, 3.05) is 19.5 Å². The number of anilines is 1. The van der Waals surface area contributed by atoms with Gasteiger partial charge < -0.3 is 20.1 Å². The number of halogens is 1. The van der Waals surface area contributed by atoms with Gasteiger partial charge in [-0.2, -0.15) is 0 Å². The first-order valence-electron chi connectivity index (χ1n) is 13.6. The number of rotatable bonds is 9. The molecule has 0 atom stereocenters. The fourth-order valence-corrected chi connectivity index (χ4v) is 4.89. The van der Waals surface area contributed by atoms with Crippen LogP contribution in [-0.2, 0) is 17.9 Å². The van der Waals surface area contributed by atoms with Crippen LogP contribution in [-0.4, -0.2) is 35.2 Å². The molecule has 44 heavy (non-hydrogen) atoms. The lowest BCUT2D eigenvalue weighted by atomic mass is 10.1. The van der Waals surface area contributed by atoms with Crippen molar-refractivity contribution < 1.29 is 19.1 Å². The molecule has 224 valence electrons. The second kappa shape index (κ2) is 12.9. The maximum Gasteiger partial charge on any atom is 0.336 e. The van der Waals surface area contributed by atoms with Crippen LogP contribution in [0.25, 0.3) is 16.6 Å². The van der Waals surface area contributed by atoms with Gasteiger partial charge in [0.25, 0.3) is 11.5 Å². The molecule has 0 unspecified atom stereocenters. The highest BCUT2D eigenvalue weighted by atomic mass is 35.5. The molecular weight excluding hydrogens is 584 g/mol. The quantitative estimate of drug-likeness (QED) is 0.249. The predicted molar refractivity (Wildman–Crippen MR) is 169 cm³/mol. The van der Waals surface area contributed by atoms with E-state index in [4.69, 9.17) is 21.1 Å². The van der Waals surface area contributed by atoms with Gasteiger partial charge in [-0.3, -0.25) is 19.0 Å². The van der Waals surface area contributed by atoms with E-state index in [0.717, 1.165) is 20.3 Å². The Hall–Kier alpha value is -5.35. The van der Waals surface area contributed by atoms with E-state index in [9.17, 15) is 19.2 Å². The van der Waals surface area contributed by atoms with E-state index < -0.39 is 29.6 Å².